The largest absolute Gasteiger partial charge is 0.497 e. The van der Waals surface area contributed by atoms with E-state index in [1.54, 1.807) is 49.4 Å². The van der Waals surface area contributed by atoms with Crippen LogP contribution in [0.5, 0.6) is 5.75 Å². The van der Waals surface area contributed by atoms with Gasteiger partial charge in [0.15, 0.2) is 11.6 Å². The Kier molecular flexibility index (Phi) is 11.5. The molecule has 11 heteroatoms. The molecule has 0 unspecified atom stereocenters. The number of ether oxygens (including phenoxy) is 1. The van der Waals surface area contributed by atoms with Crippen molar-refractivity contribution in [3.05, 3.63) is 65.9 Å². The minimum Gasteiger partial charge on any atom is -0.497 e. The highest BCUT2D eigenvalue weighted by Gasteiger charge is 2.34. The Morgan fingerprint density at radius 3 is 2.72 bits per heavy atom. The van der Waals surface area contributed by atoms with Gasteiger partial charge in [-0.2, -0.15) is 0 Å². The number of nitrogens with one attached hydrogen (secondary N) is 2. The van der Waals surface area contributed by atoms with Crippen molar-refractivity contribution in [3.63, 3.8) is 0 Å². The van der Waals surface area contributed by atoms with Crippen LogP contribution in [-0.4, -0.2) is 60.0 Å². The van der Waals surface area contributed by atoms with Crippen molar-refractivity contribution >= 4 is 35.3 Å². The third-order valence-corrected chi connectivity index (χ3v) is 5.55. The van der Waals surface area contributed by atoms with Gasteiger partial charge >= 0.3 is 12.0 Å². The van der Waals surface area contributed by atoms with Crippen LogP contribution in [0.15, 0.2) is 71.1 Å². The van der Waals surface area contributed by atoms with Gasteiger partial charge < -0.3 is 25.3 Å². The van der Waals surface area contributed by atoms with Crippen LogP contribution in [0.3, 0.4) is 0 Å². The standard InChI is InChI=1S/C25H31ClN4O6/c1-4-21(24(32)33)28-25(34)30-16-22(29-36-20-11-6-5-7-12-20)27-15-18(23(30)31)9-8-10-19(26)14-13-17(2)35-3/h5-7,10-14,18,21H,2,4,8-9,15-16H2,1,3H3,(H,27,29)(H,28,34)(H,32,33)/b14-13-,19-10+/t18-,21-/m1/s1. The van der Waals surface area contributed by atoms with E-state index in [-0.39, 0.29) is 25.3 Å². The van der Waals surface area contributed by atoms with E-state index in [2.05, 4.69) is 22.4 Å². The molecule has 36 heavy (non-hydrogen) atoms. The fourth-order valence-corrected chi connectivity index (χ4v) is 3.35. The van der Waals surface area contributed by atoms with Gasteiger partial charge in [0.1, 0.15) is 11.8 Å². The van der Waals surface area contributed by atoms with Crippen molar-refractivity contribution in [1.82, 2.24) is 15.5 Å². The number of urea groups is 1. The molecule has 3 amide bonds. The van der Waals surface area contributed by atoms with Crippen molar-refractivity contribution in [2.45, 2.75) is 32.2 Å². The van der Waals surface area contributed by atoms with Crippen LogP contribution in [0.1, 0.15) is 26.2 Å². The molecule has 1 aromatic rings. The summed E-state index contributed by atoms with van der Waals surface area (Å²) in [4.78, 5) is 43.9. The second-order valence-corrected chi connectivity index (χ2v) is 8.30. The van der Waals surface area contributed by atoms with E-state index in [4.69, 9.17) is 21.2 Å². The fraction of sp³-hybridized carbons (Fsp3) is 0.360. The van der Waals surface area contributed by atoms with Gasteiger partial charge in [-0.1, -0.05) is 54.5 Å². The average Bonchev–Trinajstić information content (AvgIpc) is 3.03. The zero-order valence-electron chi connectivity index (χ0n) is 20.3. The molecule has 1 saturated heterocycles. The number of halogens is 1. The lowest BCUT2D eigenvalue weighted by molar-refractivity contribution is -0.139. The lowest BCUT2D eigenvalue weighted by atomic mass is 10.0. The molecule has 0 saturated carbocycles. The molecule has 10 nitrogen and oxygen atoms in total. The van der Waals surface area contributed by atoms with Crippen molar-refractivity contribution in [1.29, 1.82) is 0 Å². The molecule has 194 valence electrons. The number of carboxylic acids is 1. The number of carboxylic acid groups (broad SMARTS) is 1. The average molecular weight is 519 g/mol. The maximum Gasteiger partial charge on any atom is 0.326 e. The van der Waals surface area contributed by atoms with Gasteiger partial charge in [-0.3, -0.25) is 9.69 Å². The van der Waals surface area contributed by atoms with Gasteiger partial charge in [0.05, 0.1) is 19.6 Å². The summed E-state index contributed by atoms with van der Waals surface area (Å²) in [5, 5.41) is 19.3. The summed E-state index contributed by atoms with van der Waals surface area (Å²) in [6.07, 6.45) is 5.99. The van der Waals surface area contributed by atoms with E-state index in [1.807, 2.05) is 6.07 Å². The van der Waals surface area contributed by atoms with Crippen molar-refractivity contribution in [2.24, 2.45) is 11.1 Å². The Morgan fingerprint density at radius 1 is 1.36 bits per heavy atom. The number of oxime groups is 1. The van der Waals surface area contributed by atoms with E-state index < -0.39 is 29.9 Å². The van der Waals surface area contributed by atoms with E-state index in [1.165, 1.54) is 7.11 Å². The summed E-state index contributed by atoms with van der Waals surface area (Å²) < 4.78 is 4.95. The lowest BCUT2D eigenvalue weighted by Gasteiger charge is -2.23. The van der Waals surface area contributed by atoms with Crippen LogP contribution < -0.4 is 15.5 Å². The third-order valence-electron chi connectivity index (χ3n) is 5.27. The number of hydrogen-bond acceptors (Lipinski definition) is 6. The second kappa shape index (κ2) is 14.6. The molecular formula is C25H31ClN4O6. The van der Waals surface area contributed by atoms with E-state index in [0.29, 0.717) is 29.4 Å². The fourth-order valence-electron chi connectivity index (χ4n) is 3.18. The van der Waals surface area contributed by atoms with Crippen LogP contribution in [-0.2, 0) is 14.3 Å². The third kappa shape index (κ3) is 9.10. The molecule has 0 aromatic heterocycles. The van der Waals surface area contributed by atoms with Gasteiger partial charge in [0, 0.05) is 11.6 Å². The summed E-state index contributed by atoms with van der Waals surface area (Å²) in [5.74, 6) is -1.06. The maximum absolute atomic E-state index is 13.3. The molecule has 0 bridgehead atoms. The first-order valence-corrected chi connectivity index (χ1v) is 11.8. The quantitative estimate of drug-likeness (QED) is 0.232. The minimum atomic E-state index is -1.19. The lowest BCUT2D eigenvalue weighted by Crippen LogP contribution is -2.52. The summed E-state index contributed by atoms with van der Waals surface area (Å²) in [5.41, 5.74) is 0. The molecule has 1 aliphatic rings. The number of carbonyl (C=O) groups excluding carboxylic acids is 2. The summed E-state index contributed by atoms with van der Waals surface area (Å²) >= 11 is 6.18. The summed E-state index contributed by atoms with van der Waals surface area (Å²) in [7, 11) is 1.50. The Bertz CT molecular complexity index is 1020. The first kappa shape index (κ1) is 28.4. The topological polar surface area (TPSA) is 130 Å². The van der Waals surface area contributed by atoms with Crippen LogP contribution >= 0.6 is 11.6 Å². The molecule has 2 rings (SSSR count). The Balaban J connectivity index is 2.18. The van der Waals surface area contributed by atoms with Crippen LogP contribution in [0.2, 0.25) is 0 Å². The number of aliphatic carboxylic acids is 1. The number of amidine groups is 1. The summed E-state index contributed by atoms with van der Waals surface area (Å²) in [6, 6.07) is 6.88. The number of rotatable bonds is 11. The molecule has 1 fully saturated rings. The van der Waals surface area contributed by atoms with Gasteiger partial charge in [-0.05, 0) is 43.5 Å². The number of nitrogens with zero attached hydrogens (tertiary/aromatic N) is 2. The van der Waals surface area contributed by atoms with Gasteiger partial charge in [0.25, 0.3) is 0 Å². The maximum atomic E-state index is 13.3. The van der Waals surface area contributed by atoms with Crippen LogP contribution in [0, 0.1) is 5.92 Å². The van der Waals surface area contributed by atoms with Crippen LogP contribution in [0.4, 0.5) is 4.79 Å². The number of allylic oxidation sites excluding steroid dienone is 4. The molecule has 1 aliphatic heterocycles. The molecule has 1 aromatic carbocycles. The van der Waals surface area contributed by atoms with Gasteiger partial charge in [-0.25, -0.2) is 9.59 Å². The van der Waals surface area contributed by atoms with Gasteiger partial charge in [0.2, 0.25) is 5.91 Å². The number of hydrogen-bond donors (Lipinski definition) is 3. The second-order valence-electron chi connectivity index (χ2n) is 7.86. The van der Waals surface area contributed by atoms with Crippen molar-refractivity contribution in [3.8, 4) is 5.75 Å². The zero-order chi connectivity index (χ0) is 26.5. The highest BCUT2D eigenvalue weighted by atomic mass is 35.5. The first-order valence-electron chi connectivity index (χ1n) is 11.4. The van der Waals surface area contributed by atoms with E-state index >= 15 is 0 Å². The Labute approximate surface area is 215 Å². The smallest absolute Gasteiger partial charge is 0.326 e. The summed E-state index contributed by atoms with van der Waals surface area (Å²) in [6.45, 7) is 5.30. The zero-order valence-corrected chi connectivity index (χ0v) is 21.0. The SMILES string of the molecule is C=C(/C=C\C(Cl)=C/CC[C@@H]1CN/C(=N\Oc2ccccc2)CN(C(=O)N[C@H](CC)C(=O)O)C1=O)OC. The first-order chi connectivity index (χ1) is 17.2. The highest BCUT2D eigenvalue weighted by molar-refractivity contribution is 6.31. The monoisotopic (exact) mass is 518 g/mol. The van der Waals surface area contributed by atoms with E-state index in [0.717, 1.165) is 4.90 Å². The minimum absolute atomic E-state index is 0.162. The van der Waals surface area contributed by atoms with Crippen molar-refractivity contribution < 1.29 is 29.1 Å². The number of amides is 3. The van der Waals surface area contributed by atoms with Gasteiger partial charge in [-0.15, -0.1) is 0 Å². The van der Waals surface area contributed by atoms with E-state index in [9.17, 15) is 19.5 Å². The number of methoxy groups -OCH3 is 1. The highest BCUT2D eigenvalue weighted by Crippen LogP contribution is 2.17. The predicted octanol–water partition coefficient (Wildman–Crippen LogP) is 3.62. The molecule has 0 aliphatic carbocycles. The predicted molar refractivity (Wildman–Crippen MR) is 136 cm³/mol. The molecule has 2 atom stereocenters. The molecule has 0 radical (unpaired) electrons. The molecule has 3 N–H and O–H groups in total. The number of carbonyl (C=O) groups is 3. The molecule has 0 spiro atoms. The van der Waals surface area contributed by atoms with Crippen molar-refractivity contribution in [2.75, 3.05) is 20.2 Å². The molecule has 1 heterocycles. The number of para-hydroxylation sites is 1. The number of imide groups is 1. The normalized spacial score (nSPS) is 18.4. The number of benzene rings is 1. The Hall–Kier alpha value is -3.79. The van der Waals surface area contributed by atoms with Crippen LogP contribution in [0.25, 0.3) is 0 Å². The molecular weight excluding hydrogens is 488 g/mol. The Morgan fingerprint density at radius 2 is 2.08 bits per heavy atom.